The molecule has 2 aromatic heterocycles. The first-order valence-electron chi connectivity index (χ1n) is 5.59. The molecule has 0 aliphatic heterocycles. The average molecular weight is 239 g/mol. The Balaban J connectivity index is 2.22. The van der Waals surface area contributed by atoms with E-state index in [0.29, 0.717) is 11.4 Å². The summed E-state index contributed by atoms with van der Waals surface area (Å²) >= 11 is 0. The Kier molecular flexibility index (Phi) is 2.48. The van der Waals surface area contributed by atoms with Gasteiger partial charge in [-0.05, 0) is 24.6 Å². The van der Waals surface area contributed by atoms with Gasteiger partial charge in [0.2, 0.25) is 0 Å². The molecule has 0 radical (unpaired) electrons. The Hall–Kier alpha value is -2.36. The van der Waals surface area contributed by atoms with Gasteiger partial charge in [0, 0.05) is 17.8 Å². The normalized spacial score (nSPS) is 10.8. The molecule has 2 heterocycles. The zero-order valence-electron chi connectivity index (χ0n) is 9.76. The minimum absolute atomic E-state index is 0.195. The van der Waals surface area contributed by atoms with Gasteiger partial charge in [-0.2, -0.15) is 0 Å². The van der Waals surface area contributed by atoms with Gasteiger partial charge < -0.3 is 0 Å². The average Bonchev–Trinajstić information content (AvgIpc) is 2.41. The lowest BCUT2D eigenvalue weighted by molar-refractivity contribution is 0.615. The van der Waals surface area contributed by atoms with Crippen LogP contribution in [-0.4, -0.2) is 15.0 Å². The van der Waals surface area contributed by atoms with E-state index in [1.807, 2.05) is 24.3 Å². The molecule has 88 valence electrons. The van der Waals surface area contributed by atoms with Crippen LogP contribution in [0.25, 0.3) is 22.4 Å². The summed E-state index contributed by atoms with van der Waals surface area (Å²) in [5.74, 6) is -0.0531. The molecule has 0 saturated carbocycles. The van der Waals surface area contributed by atoms with Gasteiger partial charge in [0.1, 0.15) is 5.69 Å². The minimum Gasteiger partial charge on any atom is -0.250 e. The van der Waals surface area contributed by atoms with Crippen LogP contribution in [0.15, 0.2) is 42.7 Å². The third-order valence-corrected chi connectivity index (χ3v) is 2.78. The number of pyridine rings is 1. The highest BCUT2D eigenvalue weighted by atomic mass is 19.1. The highest BCUT2D eigenvalue weighted by Crippen LogP contribution is 2.20. The molecule has 3 rings (SSSR count). The standard InChI is InChI=1S/C14H10FN3/c1-9-6-7-16-13(12(9)15)14-17-8-10-4-2-3-5-11(10)18-14/h2-8H,1H3. The van der Waals surface area contributed by atoms with E-state index in [4.69, 9.17) is 0 Å². The second kappa shape index (κ2) is 4.14. The first-order chi connectivity index (χ1) is 8.75. The molecule has 0 spiro atoms. The fourth-order valence-electron chi connectivity index (χ4n) is 1.78. The molecule has 0 bridgehead atoms. The molecule has 0 aliphatic carbocycles. The predicted molar refractivity (Wildman–Crippen MR) is 67.5 cm³/mol. The number of aromatic nitrogens is 3. The highest BCUT2D eigenvalue weighted by molar-refractivity contribution is 5.79. The molecule has 0 N–H and O–H groups in total. The molecule has 3 nitrogen and oxygen atoms in total. The van der Waals surface area contributed by atoms with Gasteiger partial charge in [-0.3, -0.25) is 0 Å². The van der Waals surface area contributed by atoms with E-state index < -0.39 is 0 Å². The maximum absolute atomic E-state index is 13.9. The maximum atomic E-state index is 13.9. The summed E-state index contributed by atoms with van der Waals surface area (Å²) in [6.07, 6.45) is 3.24. The molecular weight excluding hydrogens is 229 g/mol. The molecule has 3 aromatic rings. The summed E-state index contributed by atoms with van der Waals surface area (Å²) in [6.45, 7) is 1.70. The van der Waals surface area contributed by atoms with Crippen molar-refractivity contribution in [2.45, 2.75) is 6.92 Å². The zero-order chi connectivity index (χ0) is 12.5. The van der Waals surface area contributed by atoms with Crippen LogP contribution in [0.5, 0.6) is 0 Å². The number of benzene rings is 1. The molecule has 18 heavy (non-hydrogen) atoms. The smallest absolute Gasteiger partial charge is 0.181 e. The second-order valence-corrected chi connectivity index (χ2v) is 4.04. The van der Waals surface area contributed by atoms with E-state index in [-0.39, 0.29) is 11.5 Å². The molecule has 0 saturated heterocycles. The molecular formula is C14H10FN3. The van der Waals surface area contributed by atoms with Gasteiger partial charge in [-0.15, -0.1) is 0 Å². The molecule has 1 aromatic carbocycles. The van der Waals surface area contributed by atoms with E-state index in [1.165, 1.54) is 0 Å². The number of aryl methyl sites for hydroxylation is 1. The van der Waals surface area contributed by atoms with E-state index in [9.17, 15) is 4.39 Å². The lowest BCUT2D eigenvalue weighted by Crippen LogP contribution is -1.97. The topological polar surface area (TPSA) is 38.7 Å². The van der Waals surface area contributed by atoms with Crippen LogP contribution in [0.4, 0.5) is 4.39 Å². The number of para-hydroxylation sites is 1. The van der Waals surface area contributed by atoms with Gasteiger partial charge >= 0.3 is 0 Å². The van der Waals surface area contributed by atoms with Crippen molar-refractivity contribution in [3.8, 4) is 11.5 Å². The summed E-state index contributed by atoms with van der Waals surface area (Å²) in [7, 11) is 0. The van der Waals surface area contributed by atoms with Gasteiger partial charge in [0.05, 0.1) is 5.52 Å². The Labute approximate surface area is 103 Å². The van der Waals surface area contributed by atoms with Crippen molar-refractivity contribution in [1.82, 2.24) is 15.0 Å². The van der Waals surface area contributed by atoms with Crippen LogP contribution >= 0.6 is 0 Å². The Bertz CT molecular complexity index is 725. The number of rotatable bonds is 1. The minimum atomic E-state index is -0.368. The monoisotopic (exact) mass is 239 g/mol. The maximum Gasteiger partial charge on any atom is 0.181 e. The van der Waals surface area contributed by atoms with Crippen LogP contribution in [0, 0.1) is 12.7 Å². The predicted octanol–water partition coefficient (Wildman–Crippen LogP) is 3.14. The van der Waals surface area contributed by atoms with Crippen molar-refractivity contribution < 1.29 is 4.39 Å². The summed E-state index contributed by atoms with van der Waals surface area (Å²) in [5, 5.41) is 0.925. The van der Waals surface area contributed by atoms with E-state index in [0.717, 1.165) is 10.9 Å². The number of hydrogen-bond donors (Lipinski definition) is 0. The fourth-order valence-corrected chi connectivity index (χ4v) is 1.78. The first kappa shape index (κ1) is 10.8. The van der Waals surface area contributed by atoms with Gasteiger partial charge in [-0.1, -0.05) is 18.2 Å². The third-order valence-electron chi connectivity index (χ3n) is 2.78. The van der Waals surface area contributed by atoms with Gasteiger partial charge in [0.15, 0.2) is 11.6 Å². The van der Waals surface area contributed by atoms with Crippen molar-refractivity contribution in [3.05, 3.63) is 54.1 Å². The Morgan fingerprint density at radius 3 is 2.78 bits per heavy atom. The fraction of sp³-hybridized carbons (Fsp3) is 0.0714. The van der Waals surface area contributed by atoms with E-state index in [1.54, 1.807) is 25.4 Å². The van der Waals surface area contributed by atoms with E-state index in [2.05, 4.69) is 15.0 Å². The SMILES string of the molecule is Cc1ccnc(-c2ncc3ccccc3n2)c1F. The highest BCUT2D eigenvalue weighted by Gasteiger charge is 2.11. The number of halogens is 1. The van der Waals surface area contributed by atoms with Crippen LogP contribution < -0.4 is 0 Å². The van der Waals surface area contributed by atoms with Crippen LogP contribution in [0.2, 0.25) is 0 Å². The molecule has 0 unspecified atom stereocenters. The Morgan fingerprint density at radius 2 is 1.89 bits per heavy atom. The molecule has 0 atom stereocenters. The number of nitrogens with zero attached hydrogens (tertiary/aromatic N) is 3. The Morgan fingerprint density at radius 1 is 1.06 bits per heavy atom. The lowest BCUT2D eigenvalue weighted by atomic mass is 10.2. The molecule has 4 heteroatoms. The summed E-state index contributed by atoms with van der Waals surface area (Å²) in [4.78, 5) is 12.5. The molecule has 0 amide bonds. The van der Waals surface area contributed by atoms with Crippen molar-refractivity contribution in [1.29, 1.82) is 0 Å². The second-order valence-electron chi connectivity index (χ2n) is 4.04. The third kappa shape index (κ3) is 1.72. The zero-order valence-corrected chi connectivity index (χ0v) is 9.76. The van der Waals surface area contributed by atoms with Crippen molar-refractivity contribution >= 4 is 10.9 Å². The quantitative estimate of drug-likeness (QED) is 0.654. The summed E-state index contributed by atoms with van der Waals surface area (Å²) < 4.78 is 13.9. The summed E-state index contributed by atoms with van der Waals surface area (Å²) in [6, 6.07) is 9.21. The van der Waals surface area contributed by atoms with Crippen LogP contribution in [-0.2, 0) is 0 Å². The first-order valence-corrected chi connectivity index (χ1v) is 5.59. The van der Waals surface area contributed by atoms with E-state index >= 15 is 0 Å². The number of hydrogen-bond acceptors (Lipinski definition) is 3. The number of fused-ring (bicyclic) bond motifs is 1. The van der Waals surface area contributed by atoms with Gasteiger partial charge in [-0.25, -0.2) is 19.3 Å². The summed E-state index contributed by atoms with van der Waals surface area (Å²) in [5.41, 5.74) is 1.52. The van der Waals surface area contributed by atoms with Crippen LogP contribution in [0.1, 0.15) is 5.56 Å². The van der Waals surface area contributed by atoms with Crippen LogP contribution in [0.3, 0.4) is 0 Å². The largest absolute Gasteiger partial charge is 0.250 e. The molecule has 0 aliphatic rings. The van der Waals surface area contributed by atoms with Crippen molar-refractivity contribution in [2.24, 2.45) is 0 Å². The van der Waals surface area contributed by atoms with Crippen molar-refractivity contribution in [2.75, 3.05) is 0 Å². The van der Waals surface area contributed by atoms with Crippen molar-refractivity contribution in [3.63, 3.8) is 0 Å². The molecule has 0 fully saturated rings. The van der Waals surface area contributed by atoms with Gasteiger partial charge in [0.25, 0.3) is 0 Å². The lowest BCUT2D eigenvalue weighted by Gasteiger charge is -2.04.